The lowest BCUT2D eigenvalue weighted by Gasteiger charge is -2.23. The van der Waals surface area contributed by atoms with Gasteiger partial charge in [-0.2, -0.15) is 11.8 Å². The first kappa shape index (κ1) is 16.2. The SMILES string of the molecule is CCCNC(CCSC)c1c(OC)cccc1OC. The van der Waals surface area contributed by atoms with Crippen LogP contribution in [-0.2, 0) is 0 Å². The maximum absolute atomic E-state index is 5.50. The number of thioether (sulfide) groups is 1. The minimum Gasteiger partial charge on any atom is -0.496 e. The van der Waals surface area contributed by atoms with Gasteiger partial charge in [-0.25, -0.2) is 0 Å². The van der Waals surface area contributed by atoms with Crippen LogP contribution >= 0.6 is 11.8 Å². The Labute approximate surface area is 121 Å². The molecule has 0 fully saturated rings. The molecule has 4 heteroatoms. The second kappa shape index (κ2) is 9.10. The lowest BCUT2D eigenvalue weighted by molar-refractivity contribution is 0.368. The van der Waals surface area contributed by atoms with E-state index in [4.69, 9.17) is 9.47 Å². The van der Waals surface area contributed by atoms with E-state index in [-0.39, 0.29) is 6.04 Å². The Morgan fingerprint density at radius 3 is 2.32 bits per heavy atom. The quantitative estimate of drug-likeness (QED) is 0.751. The number of benzene rings is 1. The normalized spacial score (nSPS) is 12.2. The fourth-order valence-corrected chi connectivity index (χ4v) is 2.60. The Kier molecular flexibility index (Phi) is 7.75. The number of nitrogens with one attached hydrogen (secondary N) is 1. The molecule has 1 aromatic carbocycles. The predicted octanol–water partition coefficient (Wildman–Crippen LogP) is 3.50. The fraction of sp³-hybridized carbons (Fsp3) is 0.600. The van der Waals surface area contributed by atoms with E-state index in [1.165, 1.54) is 0 Å². The summed E-state index contributed by atoms with van der Waals surface area (Å²) in [7, 11) is 3.42. The number of hydrogen-bond acceptors (Lipinski definition) is 4. The third-order valence-corrected chi connectivity index (χ3v) is 3.71. The molecule has 1 unspecified atom stereocenters. The lowest BCUT2D eigenvalue weighted by atomic mass is 10.0. The van der Waals surface area contributed by atoms with Gasteiger partial charge in [-0.3, -0.25) is 0 Å². The van der Waals surface area contributed by atoms with Crippen LogP contribution < -0.4 is 14.8 Å². The monoisotopic (exact) mass is 283 g/mol. The number of methoxy groups -OCH3 is 2. The number of hydrogen-bond donors (Lipinski definition) is 1. The summed E-state index contributed by atoms with van der Waals surface area (Å²) in [4.78, 5) is 0. The zero-order chi connectivity index (χ0) is 14.1. The predicted molar refractivity (Wildman–Crippen MR) is 83.6 cm³/mol. The van der Waals surface area contributed by atoms with Crippen molar-refractivity contribution < 1.29 is 9.47 Å². The number of rotatable bonds is 9. The van der Waals surface area contributed by atoms with E-state index in [9.17, 15) is 0 Å². The Balaban J connectivity index is 3.03. The molecule has 1 N–H and O–H groups in total. The Morgan fingerprint density at radius 2 is 1.84 bits per heavy atom. The van der Waals surface area contributed by atoms with Crippen LogP contribution in [0.4, 0.5) is 0 Å². The van der Waals surface area contributed by atoms with E-state index in [0.29, 0.717) is 0 Å². The molecule has 0 aliphatic heterocycles. The molecular weight excluding hydrogens is 258 g/mol. The average molecular weight is 283 g/mol. The van der Waals surface area contributed by atoms with Crippen molar-refractivity contribution in [3.05, 3.63) is 23.8 Å². The Morgan fingerprint density at radius 1 is 1.21 bits per heavy atom. The lowest BCUT2D eigenvalue weighted by Crippen LogP contribution is -2.23. The van der Waals surface area contributed by atoms with Crippen LogP contribution in [0.1, 0.15) is 31.4 Å². The Bertz CT molecular complexity index is 341. The third kappa shape index (κ3) is 4.62. The van der Waals surface area contributed by atoms with E-state index >= 15 is 0 Å². The summed E-state index contributed by atoms with van der Waals surface area (Å²) < 4.78 is 11.0. The smallest absolute Gasteiger partial charge is 0.127 e. The molecule has 0 saturated carbocycles. The zero-order valence-electron chi connectivity index (χ0n) is 12.4. The summed E-state index contributed by atoms with van der Waals surface area (Å²) in [6.07, 6.45) is 4.32. The van der Waals surface area contributed by atoms with Crippen molar-refractivity contribution in [3.8, 4) is 11.5 Å². The summed E-state index contributed by atoms with van der Waals surface area (Å²) in [6.45, 7) is 3.18. The molecule has 0 heterocycles. The van der Waals surface area contributed by atoms with Crippen molar-refractivity contribution >= 4 is 11.8 Å². The van der Waals surface area contributed by atoms with Crippen LogP contribution in [0.2, 0.25) is 0 Å². The third-order valence-electron chi connectivity index (χ3n) is 3.07. The van der Waals surface area contributed by atoms with E-state index in [1.54, 1.807) is 14.2 Å². The zero-order valence-corrected chi connectivity index (χ0v) is 13.2. The van der Waals surface area contributed by atoms with Gasteiger partial charge < -0.3 is 14.8 Å². The van der Waals surface area contributed by atoms with Gasteiger partial charge in [-0.15, -0.1) is 0 Å². The van der Waals surface area contributed by atoms with Gasteiger partial charge in [0.25, 0.3) is 0 Å². The molecule has 0 spiro atoms. The van der Waals surface area contributed by atoms with Crippen molar-refractivity contribution in [1.82, 2.24) is 5.32 Å². The number of ether oxygens (including phenoxy) is 2. The van der Waals surface area contributed by atoms with Crippen LogP contribution in [-0.4, -0.2) is 32.8 Å². The summed E-state index contributed by atoms with van der Waals surface area (Å²) in [6, 6.07) is 6.24. The molecule has 1 atom stereocenters. The molecule has 1 aromatic rings. The topological polar surface area (TPSA) is 30.5 Å². The summed E-state index contributed by atoms with van der Waals surface area (Å²) in [5.74, 6) is 2.91. The molecule has 0 saturated heterocycles. The highest BCUT2D eigenvalue weighted by Crippen LogP contribution is 2.35. The maximum Gasteiger partial charge on any atom is 0.127 e. The molecule has 0 bridgehead atoms. The standard InChI is InChI=1S/C15H25NO2S/c1-5-10-16-12(9-11-19-4)15-13(17-2)7-6-8-14(15)18-3/h6-8,12,16H,5,9-11H2,1-4H3. The molecule has 3 nitrogen and oxygen atoms in total. The van der Waals surface area contributed by atoms with Crippen LogP contribution in [0.25, 0.3) is 0 Å². The van der Waals surface area contributed by atoms with Crippen molar-refractivity contribution in [2.45, 2.75) is 25.8 Å². The van der Waals surface area contributed by atoms with Gasteiger partial charge in [0.15, 0.2) is 0 Å². The van der Waals surface area contributed by atoms with Gasteiger partial charge in [0.05, 0.1) is 19.8 Å². The minimum atomic E-state index is 0.276. The molecule has 108 valence electrons. The van der Waals surface area contributed by atoms with Crippen molar-refractivity contribution in [2.75, 3.05) is 32.8 Å². The van der Waals surface area contributed by atoms with Crippen LogP contribution in [0.15, 0.2) is 18.2 Å². The summed E-state index contributed by atoms with van der Waals surface area (Å²) >= 11 is 1.86. The Hall–Kier alpha value is -0.870. The molecule has 1 rings (SSSR count). The van der Waals surface area contributed by atoms with Gasteiger partial charge in [-0.1, -0.05) is 13.0 Å². The van der Waals surface area contributed by atoms with Crippen LogP contribution in [0, 0.1) is 0 Å². The van der Waals surface area contributed by atoms with Gasteiger partial charge >= 0.3 is 0 Å². The van der Waals surface area contributed by atoms with E-state index < -0.39 is 0 Å². The summed E-state index contributed by atoms with van der Waals surface area (Å²) in [5, 5.41) is 3.60. The second-order valence-corrected chi connectivity index (χ2v) is 5.35. The van der Waals surface area contributed by atoms with E-state index in [2.05, 4.69) is 18.5 Å². The van der Waals surface area contributed by atoms with Crippen LogP contribution in [0.3, 0.4) is 0 Å². The highest BCUT2D eigenvalue weighted by molar-refractivity contribution is 7.98. The van der Waals surface area contributed by atoms with Crippen molar-refractivity contribution in [2.24, 2.45) is 0 Å². The van der Waals surface area contributed by atoms with Crippen LogP contribution in [0.5, 0.6) is 11.5 Å². The van der Waals surface area contributed by atoms with E-state index in [1.807, 2.05) is 30.0 Å². The first-order chi connectivity index (χ1) is 9.28. The molecule has 0 aliphatic rings. The molecule has 0 amide bonds. The van der Waals surface area contributed by atoms with Gasteiger partial charge in [0.2, 0.25) is 0 Å². The molecule has 0 aliphatic carbocycles. The average Bonchev–Trinajstić information content (AvgIpc) is 2.46. The second-order valence-electron chi connectivity index (χ2n) is 4.36. The molecule has 19 heavy (non-hydrogen) atoms. The van der Waals surface area contributed by atoms with Gasteiger partial charge in [0, 0.05) is 6.04 Å². The van der Waals surface area contributed by atoms with E-state index in [0.717, 1.165) is 42.2 Å². The molecular formula is C15H25NO2S. The maximum atomic E-state index is 5.50. The fourth-order valence-electron chi connectivity index (χ4n) is 2.13. The highest BCUT2D eigenvalue weighted by atomic mass is 32.2. The van der Waals surface area contributed by atoms with Crippen molar-refractivity contribution in [1.29, 1.82) is 0 Å². The molecule has 0 aromatic heterocycles. The highest BCUT2D eigenvalue weighted by Gasteiger charge is 2.19. The van der Waals surface area contributed by atoms with Crippen molar-refractivity contribution in [3.63, 3.8) is 0 Å². The first-order valence-corrected chi connectivity index (χ1v) is 8.11. The van der Waals surface area contributed by atoms with Gasteiger partial charge in [0.1, 0.15) is 11.5 Å². The summed E-state index contributed by atoms with van der Waals surface area (Å²) in [5.41, 5.74) is 1.13. The first-order valence-electron chi connectivity index (χ1n) is 6.71. The largest absolute Gasteiger partial charge is 0.496 e. The minimum absolute atomic E-state index is 0.276. The van der Waals surface area contributed by atoms with Gasteiger partial charge in [-0.05, 0) is 43.5 Å². The molecule has 0 radical (unpaired) electrons.